The van der Waals surface area contributed by atoms with E-state index in [-0.39, 0.29) is 0 Å². The highest BCUT2D eigenvalue weighted by Crippen LogP contribution is 2.33. The number of thiazole rings is 1. The lowest BCUT2D eigenvalue weighted by molar-refractivity contribution is 0.415. The van der Waals surface area contributed by atoms with E-state index >= 15 is 0 Å². The van der Waals surface area contributed by atoms with Gasteiger partial charge in [-0.1, -0.05) is 11.8 Å². The summed E-state index contributed by atoms with van der Waals surface area (Å²) in [4.78, 5) is 10.0. The van der Waals surface area contributed by atoms with Gasteiger partial charge in [0.15, 0.2) is 0 Å². The average Bonchev–Trinajstić information content (AvgIpc) is 3.40. The summed E-state index contributed by atoms with van der Waals surface area (Å²) in [5.41, 5.74) is 2.06. The summed E-state index contributed by atoms with van der Waals surface area (Å²) in [5.74, 6) is 2.28. The number of aryl methyl sites for hydroxylation is 2. The first-order chi connectivity index (χ1) is 13.1. The molecular formula is C18H18N4O2S3. The average molecular weight is 419 g/mol. The molecule has 0 bridgehead atoms. The molecule has 1 atom stereocenters. The van der Waals surface area contributed by atoms with E-state index in [1.165, 1.54) is 0 Å². The molecule has 27 heavy (non-hydrogen) atoms. The Balaban J connectivity index is 1.33. The summed E-state index contributed by atoms with van der Waals surface area (Å²) in [6, 6.07) is 8.01. The molecule has 1 aliphatic heterocycles. The molecule has 3 aromatic rings. The van der Waals surface area contributed by atoms with Gasteiger partial charge in [-0.15, -0.1) is 33.3 Å². The van der Waals surface area contributed by atoms with E-state index < -0.39 is 0 Å². The Morgan fingerprint density at radius 3 is 2.74 bits per heavy atom. The summed E-state index contributed by atoms with van der Waals surface area (Å²) in [7, 11) is 1.67. The van der Waals surface area contributed by atoms with Crippen LogP contribution in [0.4, 0.5) is 0 Å². The first-order valence-corrected chi connectivity index (χ1v) is 11.1. The maximum absolute atomic E-state index is 5.81. The van der Waals surface area contributed by atoms with Gasteiger partial charge >= 0.3 is 0 Å². The van der Waals surface area contributed by atoms with Crippen molar-refractivity contribution < 1.29 is 9.15 Å². The smallest absolute Gasteiger partial charge is 0.276 e. The first-order valence-electron chi connectivity index (χ1n) is 8.38. The van der Waals surface area contributed by atoms with E-state index in [1.807, 2.05) is 38.1 Å². The van der Waals surface area contributed by atoms with E-state index in [2.05, 4.69) is 20.2 Å². The fraction of sp³-hybridized carbons (Fsp3) is 0.333. The second-order valence-corrected chi connectivity index (χ2v) is 9.41. The van der Waals surface area contributed by atoms with Crippen LogP contribution in [0.25, 0.3) is 10.8 Å². The van der Waals surface area contributed by atoms with E-state index in [9.17, 15) is 0 Å². The number of rotatable bonds is 6. The van der Waals surface area contributed by atoms with Crippen molar-refractivity contribution in [3.05, 3.63) is 40.5 Å². The SMILES string of the molecule is COc1ccc(C2=NCC(CSc3nnc(-c4sc(C)nc4C)o3)S2)cc1. The molecule has 140 valence electrons. The van der Waals surface area contributed by atoms with Crippen molar-refractivity contribution in [3.63, 3.8) is 0 Å². The molecule has 0 saturated heterocycles. The molecule has 2 aromatic heterocycles. The minimum atomic E-state index is 0.398. The summed E-state index contributed by atoms with van der Waals surface area (Å²) in [5, 5.41) is 11.4. The molecule has 6 nitrogen and oxygen atoms in total. The molecular weight excluding hydrogens is 400 g/mol. The highest BCUT2D eigenvalue weighted by Gasteiger charge is 2.22. The zero-order valence-corrected chi connectivity index (χ0v) is 17.6. The van der Waals surface area contributed by atoms with Crippen LogP contribution in [0.3, 0.4) is 0 Å². The molecule has 1 unspecified atom stereocenters. The molecule has 0 spiro atoms. The zero-order chi connectivity index (χ0) is 18.8. The van der Waals surface area contributed by atoms with Crippen LogP contribution in [0.2, 0.25) is 0 Å². The molecule has 0 saturated carbocycles. The van der Waals surface area contributed by atoms with Gasteiger partial charge in [0.05, 0.1) is 29.4 Å². The molecule has 4 rings (SSSR count). The minimum Gasteiger partial charge on any atom is -0.497 e. The fourth-order valence-corrected chi connectivity index (χ4v) is 5.52. The molecule has 0 radical (unpaired) electrons. The standard InChI is InChI=1S/C18H18N4O2S3/c1-10-15(26-11(2)20-10)16-21-22-18(24-16)25-9-14-8-19-17(27-14)12-4-6-13(23-3)7-5-12/h4-7,14H,8-9H2,1-3H3. The number of methoxy groups -OCH3 is 1. The zero-order valence-electron chi connectivity index (χ0n) is 15.1. The van der Waals surface area contributed by atoms with Crippen LogP contribution in [-0.4, -0.2) is 44.9 Å². The lowest BCUT2D eigenvalue weighted by Gasteiger charge is -2.06. The van der Waals surface area contributed by atoms with E-state index in [4.69, 9.17) is 9.15 Å². The molecule has 0 N–H and O–H groups in total. The van der Waals surface area contributed by atoms with Gasteiger partial charge in [-0.05, 0) is 38.1 Å². The Morgan fingerprint density at radius 2 is 2.04 bits per heavy atom. The topological polar surface area (TPSA) is 73.4 Å². The van der Waals surface area contributed by atoms with Crippen LogP contribution in [0.1, 0.15) is 16.3 Å². The van der Waals surface area contributed by atoms with Crippen LogP contribution >= 0.6 is 34.9 Å². The first kappa shape index (κ1) is 18.5. The largest absolute Gasteiger partial charge is 0.497 e. The second-order valence-electron chi connectivity index (χ2n) is 5.95. The Bertz CT molecular complexity index is 965. The molecule has 3 heterocycles. The van der Waals surface area contributed by atoms with E-state index in [1.54, 1.807) is 42.0 Å². The summed E-state index contributed by atoms with van der Waals surface area (Å²) in [6.07, 6.45) is 0. The van der Waals surface area contributed by atoms with Crippen molar-refractivity contribution >= 4 is 39.9 Å². The van der Waals surface area contributed by atoms with Gasteiger partial charge in [0.1, 0.15) is 10.6 Å². The van der Waals surface area contributed by atoms with Crippen LogP contribution in [0.5, 0.6) is 5.75 Å². The van der Waals surface area contributed by atoms with Crippen molar-refractivity contribution in [2.75, 3.05) is 19.4 Å². The van der Waals surface area contributed by atoms with Gasteiger partial charge in [-0.3, -0.25) is 4.99 Å². The lowest BCUT2D eigenvalue weighted by Crippen LogP contribution is -2.06. The van der Waals surface area contributed by atoms with E-state index in [0.717, 1.165) is 44.2 Å². The van der Waals surface area contributed by atoms with Crippen molar-refractivity contribution in [3.8, 4) is 16.5 Å². The molecule has 1 aliphatic rings. The van der Waals surface area contributed by atoms with Crippen molar-refractivity contribution in [2.24, 2.45) is 4.99 Å². The third-order valence-electron chi connectivity index (χ3n) is 3.95. The summed E-state index contributed by atoms with van der Waals surface area (Å²) < 4.78 is 11.0. The third-order valence-corrected chi connectivity index (χ3v) is 7.44. The number of aliphatic imine (C=N–C) groups is 1. The number of nitrogens with zero attached hydrogens (tertiary/aromatic N) is 4. The van der Waals surface area contributed by atoms with Crippen LogP contribution < -0.4 is 4.74 Å². The predicted molar refractivity (Wildman–Crippen MR) is 111 cm³/mol. The van der Waals surface area contributed by atoms with Gasteiger partial charge in [-0.25, -0.2) is 4.98 Å². The van der Waals surface area contributed by atoms with Gasteiger partial charge < -0.3 is 9.15 Å². The van der Waals surface area contributed by atoms with Crippen LogP contribution in [0.15, 0.2) is 38.9 Å². The molecule has 9 heteroatoms. The maximum atomic E-state index is 5.81. The van der Waals surface area contributed by atoms with E-state index in [0.29, 0.717) is 16.4 Å². The Morgan fingerprint density at radius 1 is 1.22 bits per heavy atom. The highest BCUT2D eigenvalue weighted by molar-refractivity contribution is 8.16. The molecule has 0 fully saturated rings. The van der Waals surface area contributed by atoms with Gasteiger partial charge in [0.25, 0.3) is 11.1 Å². The van der Waals surface area contributed by atoms with Gasteiger partial charge in [0.2, 0.25) is 0 Å². The maximum Gasteiger partial charge on any atom is 0.276 e. The molecule has 0 amide bonds. The number of ether oxygens (including phenoxy) is 1. The van der Waals surface area contributed by atoms with Gasteiger partial charge in [-0.2, -0.15) is 0 Å². The van der Waals surface area contributed by atoms with Crippen LogP contribution in [-0.2, 0) is 0 Å². The quantitative estimate of drug-likeness (QED) is 0.547. The lowest BCUT2D eigenvalue weighted by atomic mass is 10.2. The van der Waals surface area contributed by atoms with Crippen LogP contribution in [0, 0.1) is 13.8 Å². The van der Waals surface area contributed by atoms with Gasteiger partial charge in [0, 0.05) is 16.6 Å². The number of hydrogen-bond donors (Lipinski definition) is 0. The molecule has 0 aliphatic carbocycles. The number of benzene rings is 1. The molecule has 1 aromatic carbocycles. The van der Waals surface area contributed by atoms with Crippen molar-refractivity contribution in [1.82, 2.24) is 15.2 Å². The van der Waals surface area contributed by atoms with Crippen molar-refractivity contribution in [2.45, 2.75) is 24.3 Å². The fourth-order valence-electron chi connectivity index (χ4n) is 2.65. The summed E-state index contributed by atoms with van der Waals surface area (Å²) >= 11 is 4.95. The normalized spacial score (nSPS) is 16.6. The number of hydrogen-bond acceptors (Lipinski definition) is 9. The predicted octanol–water partition coefficient (Wildman–Crippen LogP) is 4.47. The second kappa shape index (κ2) is 8.04. The Labute approximate surface area is 169 Å². The Kier molecular flexibility index (Phi) is 5.51. The Hall–Kier alpha value is -1.84. The summed E-state index contributed by atoms with van der Waals surface area (Å²) in [6.45, 7) is 4.74. The third kappa shape index (κ3) is 4.20. The number of aromatic nitrogens is 3. The number of thioether (sulfide) groups is 2. The van der Waals surface area contributed by atoms with Crippen molar-refractivity contribution in [1.29, 1.82) is 0 Å². The monoisotopic (exact) mass is 418 g/mol. The minimum absolute atomic E-state index is 0.398. The highest BCUT2D eigenvalue weighted by atomic mass is 32.2.